The van der Waals surface area contributed by atoms with Gasteiger partial charge < -0.3 is 15.4 Å². The molecule has 1 amide bonds. The van der Waals surface area contributed by atoms with E-state index in [-0.39, 0.29) is 11.9 Å². The molecule has 0 spiro atoms. The van der Waals surface area contributed by atoms with E-state index >= 15 is 0 Å². The molecule has 1 saturated heterocycles. The number of piperidine rings is 1. The van der Waals surface area contributed by atoms with Crippen LogP contribution < -0.4 is 10.5 Å². The number of nitrogens with two attached hydrogens (primary N) is 1. The predicted molar refractivity (Wildman–Crippen MR) is 73.4 cm³/mol. The number of likely N-dealkylation sites (tertiary alicyclic amines) is 1. The fourth-order valence-electron chi connectivity index (χ4n) is 2.68. The molecule has 19 heavy (non-hydrogen) atoms. The first-order valence-electron chi connectivity index (χ1n) is 6.63. The molecule has 0 aromatic heterocycles. The zero-order valence-electron chi connectivity index (χ0n) is 10.6. The average Bonchev–Trinajstić information content (AvgIpc) is 2.81. The summed E-state index contributed by atoms with van der Waals surface area (Å²) >= 11 is 5.95. The van der Waals surface area contributed by atoms with E-state index in [1.165, 1.54) is 0 Å². The van der Waals surface area contributed by atoms with E-state index in [0.717, 1.165) is 37.2 Å². The smallest absolute Gasteiger partial charge is 0.263 e. The number of hydrogen-bond donors (Lipinski definition) is 1. The number of carbonyl (C=O) groups is 1. The lowest BCUT2D eigenvalue weighted by atomic mass is 10.0. The van der Waals surface area contributed by atoms with Gasteiger partial charge in [0.05, 0.1) is 0 Å². The number of benzene rings is 1. The van der Waals surface area contributed by atoms with Crippen LogP contribution in [0.2, 0.25) is 5.02 Å². The second-order valence-electron chi connectivity index (χ2n) is 5.23. The number of ether oxygens (including phenoxy) is 1. The van der Waals surface area contributed by atoms with E-state index in [2.05, 4.69) is 0 Å². The van der Waals surface area contributed by atoms with Gasteiger partial charge in [0.2, 0.25) is 0 Å². The van der Waals surface area contributed by atoms with Crippen molar-refractivity contribution in [3.8, 4) is 5.75 Å². The van der Waals surface area contributed by atoms with Crippen molar-refractivity contribution in [2.75, 3.05) is 13.1 Å². The number of carbonyl (C=O) groups excluding carboxylic acids is 1. The van der Waals surface area contributed by atoms with Gasteiger partial charge in [-0.05, 0) is 36.6 Å². The van der Waals surface area contributed by atoms with Gasteiger partial charge in [-0.2, -0.15) is 0 Å². The second-order valence-corrected chi connectivity index (χ2v) is 5.66. The number of halogens is 1. The maximum Gasteiger partial charge on any atom is 0.263 e. The number of rotatable bonds is 1. The predicted octanol–water partition coefficient (Wildman–Crippen LogP) is 1.59. The van der Waals surface area contributed by atoms with Crippen molar-refractivity contribution in [3.05, 3.63) is 28.8 Å². The summed E-state index contributed by atoms with van der Waals surface area (Å²) in [6.07, 6.45) is 1.95. The molecule has 1 atom stereocenters. The zero-order valence-corrected chi connectivity index (χ0v) is 11.4. The summed E-state index contributed by atoms with van der Waals surface area (Å²) in [6.45, 7) is 1.47. The van der Waals surface area contributed by atoms with Crippen LogP contribution in [-0.4, -0.2) is 36.0 Å². The Hall–Kier alpha value is -1.26. The van der Waals surface area contributed by atoms with Crippen molar-refractivity contribution in [2.45, 2.75) is 31.4 Å². The van der Waals surface area contributed by atoms with Crippen molar-refractivity contribution >= 4 is 17.5 Å². The van der Waals surface area contributed by atoms with E-state index in [9.17, 15) is 4.79 Å². The molecule has 2 heterocycles. The largest absolute Gasteiger partial charge is 0.480 e. The van der Waals surface area contributed by atoms with Crippen LogP contribution in [0.15, 0.2) is 18.2 Å². The first-order valence-corrected chi connectivity index (χ1v) is 7.01. The Bertz CT molecular complexity index is 498. The molecule has 102 valence electrons. The fourth-order valence-corrected chi connectivity index (χ4v) is 2.87. The van der Waals surface area contributed by atoms with Crippen LogP contribution in [0, 0.1) is 0 Å². The summed E-state index contributed by atoms with van der Waals surface area (Å²) in [5.41, 5.74) is 6.87. The molecular formula is C14H17ClN2O2. The first kappa shape index (κ1) is 12.8. The van der Waals surface area contributed by atoms with Gasteiger partial charge in [-0.1, -0.05) is 11.6 Å². The van der Waals surface area contributed by atoms with Gasteiger partial charge in [0.1, 0.15) is 5.75 Å². The van der Waals surface area contributed by atoms with Crippen LogP contribution >= 0.6 is 11.6 Å². The zero-order chi connectivity index (χ0) is 13.4. The van der Waals surface area contributed by atoms with E-state index in [1.54, 1.807) is 6.07 Å². The van der Waals surface area contributed by atoms with Crippen molar-refractivity contribution in [1.82, 2.24) is 4.90 Å². The Morgan fingerprint density at radius 1 is 1.37 bits per heavy atom. The normalized spacial score (nSPS) is 23.1. The maximum atomic E-state index is 12.4. The molecule has 1 unspecified atom stereocenters. The van der Waals surface area contributed by atoms with Gasteiger partial charge >= 0.3 is 0 Å². The van der Waals surface area contributed by atoms with Crippen molar-refractivity contribution in [2.24, 2.45) is 5.73 Å². The SMILES string of the molecule is NC1CCN(C(=O)C2Cc3cc(Cl)ccc3O2)CC1. The molecule has 4 nitrogen and oxygen atoms in total. The molecule has 3 rings (SSSR count). The molecule has 1 aromatic carbocycles. The molecular weight excluding hydrogens is 264 g/mol. The lowest BCUT2D eigenvalue weighted by Crippen LogP contribution is -2.47. The summed E-state index contributed by atoms with van der Waals surface area (Å²) in [5, 5.41) is 0.680. The standard InChI is InChI=1S/C14H17ClN2O2/c15-10-1-2-12-9(7-10)8-13(19-12)14(18)17-5-3-11(16)4-6-17/h1-2,7,11,13H,3-6,8,16H2. The van der Waals surface area contributed by atoms with Gasteiger partial charge in [0.25, 0.3) is 5.91 Å². The number of hydrogen-bond acceptors (Lipinski definition) is 3. The average molecular weight is 281 g/mol. The Morgan fingerprint density at radius 2 is 2.11 bits per heavy atom. The molecule has 1 aromatic rings. The van der Waals surface area contributed by atoms with Crippen LogP contribution in [0.4, 0.5) is 0 Å². The molecule has 0 saturated carbocycles. The Balaban J connectivity index is 1.67. The summed E-state index contributed by atoms with van der Waals surface area (Å²) in [5.74, 6) is 0.843. The van der Waals surface area contributed by atoms with Gasteiger partial charge in [-0.3, -0.25) is 4.79 Å². The third-order valence-corrected chi connectivity index (χ3v) is 4.06. The summed E-state index contributed by atoms with van der Waals surface area (Å²) in [6, 6.07) is 5.71. The molecule has 2 N–H and O–H groups in total. The number of nitrogens with zero attached hydrogens (tertiary/aromatic N) is 1. The van der Waals surface area contributed by atoms with E-state index < -0.39 is 6.10 Å². The molecule has 1 fully saturated rings. The lowest BCUT2D eigenvalue weighted by Gasteiger charge is -2.31. The van der Waals surface area contributed by atoms with Crippen LogP contribution in [0.25, 0.3) is 0 Å². The van der Waals surface area contributed by atoms with Gasteiger partial charge in [-0.25, -0.2) is 0 Å². The van der Waals surface area contributed by atoms with E-state index in [4.69, 9.17) is 22.1 Å². The number of amides is 1. The fraction of sp³-hybridized carbons (Fsp3) is 0.500. The molecule has 2 aliphatic rings. The van der Waals surface area contributed by atoms with Gasteiger partial charge in [0.15, 0.2) is 6.10 Å². The van der Waals surface area contributed by atoms with Gasteiger partial charge in [0, 0.05) is 30.6 Å². The Kier molecular flexibility index (Phi) is 3.37. The molecule has 5 heteroatoms. The van der Waals surface area contributed by atoms with Crippen LogP contribution in [0.5, 0.6) is 5.75 Å². The lowest BCUT2D eigenvalue weighted by molar-refractivity contribution is -0.138. The minimum absolute atomic E-state index is 0.0687. The van der Waals surface area contributed by atoms with E-state index in [0.29, 0.717) is 11.4 Å². The summed E-state index contributed by atoms with van der Waals surface area (Å²) in [7, 11) is 0. The van der Waals surface area contributed by atoms with Crippen LogP contribution in [0.1, 0.15) is 18.4 Å². The first-order chi connectivity index (χ1) is 9.13. The summed E-state index contributed by atoms with van der Waals surface area (Å²) < 4.78 is 5.72. The van der Waals surface area contributed by atoms with Crippen molar-refractivity contribution in [1.29, 1.82) is 0 Å². The molecule has 0 aliphatic carbocycles. The second kappa shape index (κ2) is 5.02. The third kappa shape index (κ3) is 2.55. The minimum atomic E-state index is -0.400. The highest BCUT2D eigenvalue weighted by molar-refractivity contribution is 6.30. The van der Waals surface area contributed by atoms with Crippen LogP contribution in [-0.2, 0) is 11.2 Å². The molecule has 2 aliphatic heterocycles. The van der Waals surface area contributed by atoms with E-state index in [1.807, 2.05) is 17.0 Å². The maximum absolute atomic E-state index is 12.4. The third-order valence-electron chi connectivity index (χ3n) is 3.82. The number of fused-ring (bicyclic) bond motifs is 1. The Labute approximate surface area is 117 Å². The highest BCUT2D eigenvalue weighted by Gasteiger charge is 2.33. The Morgan fingerprint density at radius 3 is 2.84 bits per heavy atom. The van der Waals surface area contributed by atoms with Crippen molar-refractivity contribution < 1.29 is 9.53 Å². The van der Waals surface area contributed by atoms with Gasteiger partial charge in [-0.15, -0.1) is 0 Å². The minimum Gasteiger partial charge on any atom is -0.480 e. The van der Waals surface area contributed by atoms with Crippen molar-refractivity contribution in [3.63, 3.8) is 0 Å². The van der Waals surface area contributed by atoms with Crippen LogP contribution in [0.3, 0.4) is 0 Å². The highest BCUT2D eigenvalue weighted by atomic mass is 35.5. The molecule has 0 radical (unpaired) electrons. The highest BCUT2D eigenvalue weighted by Crippen LogP contribution is 2.32. The molecule has 0 bridgehead atoms. The topological polar surface area (TPSA) is 55.6 Å². The summed E-state index contributed by atoms with van der Waals surface area (Å²) in [4.78, 5) is 14.3. The quantitative estimate of drug-likeness (QED) is 0.850. The monoisotopic (exact) mass is 280 g/mol.